The summed E-state index contributed by atoms with van der Waals surface area (Å²) in [5.74, 6) is -0.276. The van der Waals surface area contributed by atoms with E-state index < -0.39 is 12.8 Å². The molecule has 1 aromatic heterocycles. The van der Waals surface area contributed by atoms with Gasteiger partial charge in [-0.2, -0.15) is 13.2 Å². The van der Waals surface area contributed by atoms with Crippen LogP contribution < -0.4 is 15.4 Å². The lowest BCUT2D eigenvalue weighted by atomic mass is 9.97. The van der Waals surface area contributed by atoms with Crippen molar-refractivity contribution in [1.82, 2.24) is 10.3 Å². The van der Waals surface area contributed by atoms with Gasteiger partial charge in [-0.25, -0.2) is 4.98 Å². The molecule has 1 saturated heterocycles. The Bertz CT molecular complexity index is 471. The molecule has 1 amide bonds. The highest BCUT2D eigenvalue weighted by Crippen LogP contribution is 2.19. The van der Waals surface area contributed by atoms with E-state index in [2.05, 4.69) is 20.4 Å². The molecule has 21 heavy (non-hydrogen) atoms. The van der Waals surface area contributed by atoms with Gasteiger partial charge in [0.2, 0.25) is 11.8 Å². The van der Waals surface area contributed by atoms with E-state index in [4.69, 9.17) is 0 Å². The molecule has 0 aliphatic carbocycles. The molecule has 0 atom stereocenters. The molecule has 1 aromatic rings. The largest absolute Gasteiger partial charge is 0.468 e. The van der Waals surface area contributed by atoms with Gasteiger partial charge in [-0.3, -0.25) is 4.79 Å². The van der Waals surface area contributed by atoms with Crippen molar-refractivity contribution in [2.75, 3.05) is 25.0 Å². The van der Waals surface area contributed by atoms with Gasteiger partial charge in [-0.15, -0.1) is 0 Å². The lowest BCUT2D eigenvalue weighted by molar-refractivity contribution is -0.154. The lowest BCUT2D eigenvalue weighted by Gasteiger charge is -2.21. The molecular formula is C13H16F3N3O2. The fourth-order valence-electron chi connectivity index (χ4n) is 2.02. The number of pyridine rings is 1. The van der Waals surface area contributed by atoms with Gasteiger partial charge in [0.1, 0.15) is 0 Å². The van der Waals surface area contributed by atoms with Gasteiger partial charge in [0.15, 0.2) is 6.61 Å². The number of nitrogens with zero attached hydrogens (tertiary/aromatic N) is 1. The SMILES string of the molecule is O=C(Nc1ccc(OCC(F)(F)F)nc1)C1CCNCC1. The second-order valence-corrected chi connectivity index (χ2v) is 4.80. The van der Waals surface area contributed by atoms with Gasteiger partial charge >= 0.3 is 6.18 Å². The Balaban J connectivity index is 1.85. The number of ether oxygens (including phenoxy) is 1. The molecule has 2 heterocycles. The van der Waals surface area contributed by atoms with Crippen LogP contribution in [0, 0.1) is 5.92 Å². The molecule has 5 nitrogen and oxygen atoms in total. The summed E-state index contributed by atoms with van der Waals surface area (Å²) < 4.78 is 40.4. The number of halogens is 3. The number of amides is 1. The molecule has 0 spiro atoms. The minimum atomic E-state index is -4.40. The van der Waals surface area contributed by atoms with Crippen LogP contribution in [-0.4, -0.2) is 36.8 Å². The number of anilines is 1. The molecule has 0 saturated carbocycles. The summed E-state index contributed by atoms with van der Waals surface area (Å²) in [5, 5.41) is 5.87. The minimum Gasteiger partial charge on any atom is -0.468 e. The van der Waals surface area contributed by atoms with E-state index in [1.807, 2.05) is 0 Å². The van der Waals surface area contributed by atoms with Gasteiger partial charge in [0, 0.05) is 12.0 Å². The van der Waals surface area contributed by atoms with E-state index in [-0.39, 0.29) is 17.7 Å². The Morgan fingerprint density at radius 2 is 2.10 bits per heavy atom. The first-order valence-electron chi connectivity index (χ1n) is 6.61. The van der Waals surface area contributed by atoms with Crippen LogP contribution in [0.5, 0.6) is 5.88 Å². The topological polar surface area (TPSA) is 63.2 Å². The highest BCUT2D eigenvalue weighted by Gasteiger charge is 2.28. The van der Waals surface area contributed by atoms with Crippen molar-refractivity contribution in [3.05, 3.63) is 18.3 Å². The summed E-state index contributed by atoms with van der Waals surface area (Å²) in [7, 11) is 0. The Labute approximate surface area is 119 Å². The molecule has 1 aliphatic rings. The monoisotopic (exact) mass is 303 g/mol. The Morgan fingerprint density at radius 3 is 2.67 bits per heavy atom. The van der Waals surface area contributed by atoms with Crippen LogP contribution in [0.4, 0.5) is 18.9 Å². The van der Waals surface area contributed by atoms with E-state index in [1.54, 1.807) is 0 Å². The summed E-state index contributed by atoms with van der Waals surface area (Å²) in [4.78, 5) is 15.7. The summed E-state index contributed by atoms with van der Waals surface area (Å²) in [6.07, 6.45) is -1.58. The zero-order chi connectivity index (χ0) is 15.3. The van der Waals surface area contributed by atoms with Crippen molar-refractivity contribution in [3.8, 4) is 5.88 Å². The molecule has 2 rings (SSSR count). The number of carbonyl (C=O) groups is 1. The van der Waals surface area contributed by atoms with Crippen LogP contribution >= 0.6 is 0 Å². The summed E-state index contributed by atoms with van der Waals surface area (Å²) >= 11 is 0. The third kappa shape index (κ3) is 5.22. The van der Waals surface area contributed by atoms with Gasteiger partial charge in [-0.1, -0.05) is 0 Å². The van der Waals surface area contributed by atoms with E-state index in [0.717, 1.165) is 25.9 Å². The number of nitrogens with one attached hydrogen (secondary N) is 2. The molecule has 2 N–H and O–H groups in total. The molecule has 0 bridgehead atoms. The van der Waals surface area contributed by atoms with Crippen LogP contribution in [0.3, 0.4) is 0 Å². The summed E-state index contributed by atoms with van der Waals surface area (Å²) in [6.45, 7) is 0.224. The maximum atomic E-state index is 12.0. The number of hydrogen-bond acceptors (Lipinski definition) is 4. The van der Waals surface area contributed by atoms with E-state index >= 15 is 0 Å². The third-order valence-electron chi connectivity index (χ3n) is 3.10. The molecule has 0 radical (unpaired) electrons. The van der Waals surface area contributed by atoms with Crippen molar-refractivity contribution < 1.29 is 22.7 Å². The fourth-order valence-corrected chi connectivity index (χ4v) is 2.02. The maximum Gasteiger partial charge on any atom is 0.422 e. The number of aromatic nitrogens is 1. The van der Waals surface area contributed by atoms with Crippen molar-refractivity contribution in [2.24, 2.45) is 5.92 Å². The Kier molecular flexibility index (Phi) is 5.00. The van der Waals surface area contributed by atoms with E-state index in [0.29, 0.717) is 5.69 Å². The Morgan fingerprint density at radius 1 is 1.38 bits per heavy atom. The highest BCUT2D eigenvalue weighted by molar-refractivity contribution is 5.92. The average Bonchev–Trinajstić information content (AvgIpc) is 2.46. The third-order valence-corrected chi connectivity index (χ3v) is 3.10. The van der Waals surface area contributed by atoms with Gasteiger partial charge in [0.25, 0.3) is 0 Å². The number of piperidine rings is 1. The van der Waals surface area contributed by atoms with Crippen molar-refractivity contribution in [2.45, 2.75) is 19.0 Å². The normalized spacial score (nSPS) is 16.5. The summed E-state index contributed by atoms with van der Waals surface area (Å²) in [5.41, 5.74) is 0.442. The van der Waals surface area contributed by atoms with Gasteiger partial charge < -0.3 is 15.4 Å². The molecule has 1 aliphatic heterocycles. The van der Waals surface area contributed by atoms with E-state index in [1.165, 1.54) is 18.3 Å². The standard InChI is InChI=1S/C13H16F3N3O2/c14-13(15,16)8-21-11-2-1-10(7-18-11)19-12(20)9-3-5-17-6-4-9/h1-2,7,9,17H,3-6,8H2,(H,19,20). The molecule has 8 heteroatoms. The van der Waals surface area contributed by atoms with Crippen molar-refractivity contribution >= 4 is 11.6 Å². The summed E-state index contributed by atoms with van der Waals surface area (Å²) in [6, 6.07) is 2.77. The number of alkyl halides is 3. The molecular weight excluding hydrogens is 287 g/mol. The van der Waals surface area contributed by atoms with Crippen molar-refractivity contribution in [3.63, 3.8) is 0 Å². The van der Waals surface area contributed by atoms with Crippen LogP contribution in [0.1, 0.15) is 12.8 Å². The molecule has 0 aromatic carbocycles. The van der Waals surface area contributed by atoms with Crippen LogP contribution in [0.2, 0.25) is 0 Å². The first-order chi connectivity index (χ1) is 9.94. The first kappa shape index (κ1) is 15.6. The van der Waals surface area contributed by atoms with E-state index in [9.17, 15) is 18.0 Å². The highest BCUT2D eigenvalue weighted by atomic mass is 19.4. The first-order valence-corrected chi connectivity index (χ1v) is 6.61. The second kappa shape index (κ2) is 6.75. The molecule has 116 valence electrons. The fraction of sp³-hybridized carbons (Fsp3) is 0.538. The predicted molar refractivity (Wildman–Crippen MR) is 70.0 cm³/mol. The number of carbonyl (C=O) groups excluding carboxylic acids is 1. The predicted octanol–water partition coefficient (Wildman–Crippen LogP) is 1.96. The quantitative estimate of drug-likeness (QED) is 0.892. The van der Waals surface area contributed by atoms with Crippen LogP contribution in [0.15, 0.2) is 18.3 Å². The number of hydrogen-bond donors (Lipinski definition) is 2. The maximum absolute atomic E-state index is 12.0. The average molecular weight is 303 g/mol. The van der Waals surface area contributed by atoms with Crippen molar-refractivity contribution in [1.29, 1.82) is 0 Å². The second-order valence-electron chi connectivity index (χ2n) is 4.80. The van der Waals surface area contributed by atoms with Gasteiger partial charge in [0.05, 0.1) is 11.9 Å². The Hall–Kier alpha value is -1.83. The van der Waals surface area contributed by atoms with Crippen LogP contribution in [-0.2, 0) is 4.79 Å². The van der Waals surface area contributed by atoms with Gasteiger partial charge in [-0.05, 0) is 32.0 Å². The number of rotatable bonds is 4. The minimum absolute atomic E-state index is 0.0487. The lowest BCUT2D eigenvalue weighted by Crippen LogP contribution is -2.34. The molecule has 1 fully saturated rings. The van der Waals surface area contributed by atoms with Crippen LogP contribution in [0.25, 0.3) is 0 Å². The zero-order valence-electron chi connectivity index (χ0n) is 11.2. The smallest absolute Gasteiger partial charge is 0.422 e. The zero-order valence-corrected chi connectivity index (χ0v) is 11.2. The molecule has 0 unspecified atom stereocenters.